The van der Waals surface area contributed by atoms with Crippen molar-refractivity contribution in [3.63, 3.8) is 0 Å². The molecule has 0 radical (unpaired) electrons. The molecule has 0 bridgehead atoms. The fourth-order valence-corrected chi connectivity index (χ4v) is 2.84. The second-order valence-corrected chi connectivity index (χ2v) is 6.24. The van der Waals surface area contributed by atoms with Crippen molar-refractivity contribution in [1.29, 1.82) is 0 Å². The summed E-state index contributed by atoms with van der Waals surface area (Å²) < 4.78 is 0. The maximum absolute atomic E-state index is 12.0. The summed E-state index contributed by atoms with van der Waals surface area (Å²) in [5, 5.41) is 19.7. The van der Waals surface area contributed by atoms with Gasteiger partial charge in [-0.05, 0) is 37.0 Å². The van der Waals surface area contributed by atoms with Gasteiger partial charge >= 0.3 is 0 Å². The molecular formula is C21H26O3. The Labute approximate surface area is 144 Å². The number of aromatic hydroxyl groups is 1. The summed E-state index contributed by atoms with van der Waals surface area (Å²) in [5.41, 5.74) is 1.66. The highest BCUT2D eigenvalue weighted by Crippen LogP contribution is 2.19. The van der Waals surface area contributed by atoms with E-state index in [1.165, 1.54) is 11.6 Å². The van der Waals surface area contributed by atoms with E-state index in [0.29, 0.717) is 12.0 Å². The third-order valence-corrected chi connectivity index (χ3v) is 4.22. The number of hydrogen-bond acceptors (Lipinski definition) is 3. The van der Waals surface area contributed by atoms with Gasteiger partial charge in [0, 0.05) is 6.42 Å². The summed E-state index contributed by atoms with van der Waals surface area (Å²) in [6.45, 7) is 0. The highest BCUT2D eigenvalue weighted by molar-refractivity contribution is 5.98. The molecule has 0 saturated carbocycles. The van der Waals surface area contributed by atoms with E-state index in [0.717, 1.165) is 32.1 Å². The van der Waals surface area contributed by atoms with Crippen LogP contribution in [0.15, 0.2) is 54.6 Å². The molecule has 0 saturated heterocycles. The average molecular weight is 326 g/mol. The van der Waals surface area contributed by atoms with Gasteiger partial charge in [-0.2, -0.15) is 0 Å². The largest absolute Gasteiger partial charge is 0.507 e. The molecule has 3 heteroatoms. The number of aryl methyl sites for hydroxylation is 1. The normalized spacial score (nSPS) is 12.0. The van der Waals surface area contributed by atoms with Crippen molar-refractivity contribution in [3.05, 3.63) is 65.7 Å². The number of phenolic OH excluding ortho intramolecular Hbond substituents is 1. The Hall–Kier alpha value is -2.13. The molecule has 0 aliphatic rings. The van der Waals surface area contributed by atoms with Gasteiger partial charge in [0.1, 0.15) is 5.75 Å². The number of para-hydroxylation sites is 1. The molecule has 0 aromatic heterocycles. The number of carbonyl (C=O) groups excluding carboxylic acids is 1. The third-order valence-electron chi connectivity index (χ3n) is 4.22. The highest BCUT2D eigenvalue weighted by atomic mass is 16.3. The number of hydrogen-bond donors (Lipinski definition) is 2. The molecule has 2 N–H and O–H groups in total. The van der Waals surface area contributed by atoms with Crippen LogP contribution in [0.4, 0.5) is 0 Å². The number of aliphatic hydroxyl groups is 1. The van der Waals surface area contributed by atoms with Gasteiger partial charge in [0.2, 0.25) is 0 Å². The van der Waals surface area contributed by atoms with Crippen LogP contribution < -0.4 is 0 Å². The number of carbonyl (C=O) groups is 1. The van der Waals surface area contributed by atoms with Crippen LogP contribution in [0.3, 0.4) is 0 Å². The van der Waals surface area contributed by atoms with Crippen molar-refractivity contribution in [3.8, 4) is 5.75 Å². The number of Topliss-reactive ketones (excluding diaryl/α,β-unsaturated/α-hetero) is 1. The van der Waals surface area contributed by atoms with E-state index in [-0.39, 0.29) is 18.0 Å². The molecule has 24 heavy (non-hydrogen) atoms. The minimum Gasteiger partial charge on any atom is -0.507 e. The predicted molar refractivity (Wildman–Crippen MR) is 96.3 cm³/mol. The van der Waals surface area contributed by atoms with Gasteiger partial charge in [-0.3, -0.25) is 4.79 Å². The zero-order valence-electron chi connectivity index (χ0n) is 14.0. The Kier molecular flexibility index (Phi) is 7.50. The molecule has 128 valence electrons. The summed E-state index contributed by atoms with van der Waals surface area (Å²) >= 11 is 0. The Morgan fingerprint density at radius 1 is 0.875 bits per heavy atom. The number of ketones is 1. The topological polar surface area (TPSA) is 57.5 Å². The molecule has 3 nitrogen and oxygen atoms in total. The summed E-state index contributed by atoms with van der Waals surface area (Å²) in [6, 6.07) is 16.9. The lowest BCUT2D eigenvalue weighted by Gasteiger charge is -2.10. The number of unbranched alkanes of at least 4 members (excludes halogenated alkanes) is 3. The lowest BCUT2D eigenvalue weighted by atomic mass is 10.00. The SMILES string of the molecule is O=C(CC(O)CCCCCCc1ccccc1)c1ccccc1O. The summed E-state index contributed by atoms with van der Waals surface area (Å²) in [5.74, 6) is -0.222. The lowest BCUT2D eigenvalue weighted by Crippen LogP contribution is -2.13. The molecular weight excluding hydrogens is 300 g/mol. The van der Waals surface area contributed by atoms with Gasteiger partial charge < -0.3 is 10.2 Å². The van der Waals surface area contributed by atoms with Gasteiger partial charge in [-0.15, -0.1) is 0 Å². The number of phenols is 1. The molecule has 0 aliphatic heterocycles. The van der Waals surface area contributed by atoms with Crippen LogP contribution in [0, 0.1) is 0 Å². The Bertz CT molecular complexity index is 622. The smallest absolute Gasteiger partial charge is 0.169 e. The van der Waals surface area contributed by atoms with E-state index in [2.05, 4.69) is 24.3 Å². The summed E-state index contributed by atoms with van der Waals surface area (Å²) in [6.07, 6.45) is 5.43. The molecule has 1 unspecified atom stereocenters. The first-order chi connectivity index (χ1) is 11.7. The second-order valence-electron chi connectivity index (χ2n) is 6.24. The van der Waals surface area contributed by atoms with Crippen LogP contribution in [0.5, 0.6) is 5.75 Å². The highest BCUT2D eigenvalue weighted by Gasteiger charge is 2.15. The zero-order chi connectivity index (χ0) is 17.2. The molecule has 2 aromatic carbocycles. The van der Waals surface area contributed by atoms with Crippen molar-refractivity contribution in [2.45, 2.75) is 51.0 Å². The summed E-state index contributed by atoms with van der Waals surface area (Å²) in [4.78, 5) is 12.0. The first kappa shape index (κ1) is 18.2. The Balaban J connectivity index is 1.59. The number of aliphatic hydroxyl groups excluding tert-OH is 1. The van der Waals surface area contributed by atoms with E-state index >= 15 is 0 Å². The second kappa shape index (κ2) is 9.89. The summed E-state index contributed by atoms with van der Waals surface area (Å²) in [7, 11) is 0. The molecule has 0 fully saturated rings. The van der Waals surface area contributed by atoms with Crippen LogP contribution in [0.2, 0.25) is 0 Å². The lowest BCUT2D eigenvalue weighted by molar-refractivity contribution is 0.0861. The van der Waals surface area contributed by atoms with Crippen molar-refractivity contribution >= 4 is 5.78 Å². The van der Waals surface area contributed by atoms with Gasteiger partial charge in [0.15, 0.2) is 5.78 Å². The van der Waals surface area contributed by atoms with E-state index in [1.807, 2.05) is 6.07 Å². The van der Waals surface area contributed by atoms with E-state index in [4.69, 9.17) is 0 Å². The minimum absolute atomic E-state index is 0.0180. The first-order valence-corrected chi connectivity index (χ1v) is 8.70. The van der Waals surface area contributed by atoms with E-state index in [1.54, 1.807) is 18.2 Å². The van der Waals surface area contributed by atoms with Gasteiger partial charge in [0.05, 0.1) is 11.7 Å². The van der Waals surface area contributed by atoms with Crippen LogP contribution in [0.1, 0.15) is 54.4 Å². The van der Waals surface area contributed by atoms with Gasteiger partial charge in [0.25, 0.3) is 0 Å². The fraction of sp³-hybridized carbons (Fsp3) is 0.381. The molecule has 2 aromatic rings. The quantitative estimate of drug-likeness (QED) is 0.498. The maximum atomic E-state index is 12.0. The van der Waals surface area contributed by atoms with Crippen molar-refractivity contribution < 1.29 is 15.0 Å². The maximum Gasteiger partial charge on any atom is 0.169 e. The first-order valence-electron chi connectivity index (χ1n) is 8.70. The Morgan fingerprint density at radius 2 is 1.54 bits per heavy atom. The molecule has 2 rings (SSSR count). The van der Waals surface area contributed by atoms with Crippen molar-refractivity contribution in [2.75, 3.05) is 0 Å². The van der Waals surface area contributed by atoms with Crippen molar-refractivity contribution in [2.24, 2.45) is 0 Å². The Morgan fingerprint density at radius 3 is 2.29 bits per heavy atom. The predicted octanol–water partition coefficient (Wildman–Crippen LogP) is 4.52. The van der Waals surface area contributed by atoms with Crippen LogP contribution in [-0.2, 0) is 6.42 Å². The fourth-order valence-electron chi connectivity index (χ4n) is 2.84. The zero-order valence-corrected chi connectivity index (χ0v) is 14.0. The molecule has 0 amide bonds. The number of rotatable bonds is 10. The molecule has 1 atom stereocenters. The van der Waals surface area contributed by atoms with E-state index < -0.39 is 6.10 Å². The van der Waals surface area contributed by atoms with Crippen LogP contribution in [-0.4, -0.2) is 22.1 Å². The average Bonchev–Trinajstić information content (AvgIpc) is 2.59. The molecule has 0 aliphatic carbocycles. The standard InChI is InChI=1S/C21H26O3/c22-18(16-21(24)19-14-8-9-15-20(19)23)13-7-2-1-4-10-17-11-5-3-6-12-17/h3,5-6,8-9,11-12,14-15,18,22-23H,1-2,4,7,10,13,16H2. The molecule has 0 heterocycles. The van der Waals surface area contributed by atoms with Gasteiger partial charge in [-0.25, -0.2) is 0 Å². The number of benzene rings is 2. The van der Waals surface area contributed by atoms with E-state index in [9.17, 15) is 15.0 Å². The van der Waals surface area contributed by atoms with Crippen LogP contribution >= 0.6 is 0 Å². The monoisotopic (exact) mass is 326 g/mol. The van der Waals surface area contributed by atoms with Crippen molar-refractivity contribution in [1.82, 2.24) is 0 Å². The minimum atomic E-state index is -0.633. The third kappa shape index (κ3) is 6.17. The molecule has 0 spiro atoms. The van der Waals surface area contributed by atoms with Crippen LogP contribution in [0.25, 0.3) is 0 Å². The van der Waals surface area contributed by atoms with Gasteiger partial charge in [-0.1, -0.05) is 61.7 Å².